The van der Waals surface area contributed by atoms with Crippen molar-refractivity contribution < 1.29 is 4.79 Å². The first-order valence-electron chi connectivity index (χ1n) is 9.29. The van der Waals surface area contributed by atoms with Crippen molar-refractivity contribution in [2.75, 3.05) is 13.1 Å². The molecule has 0 unspecified atom stereocenters. The maximum absolute atomic E-state index is 12.6. The lowest BCUT2D eigenvalue weighted by Gasteiger charge is -2.32. The van der Waals surface area contributed by atoms with E-state index in [1.54, 1.807) is 18.7 Å². The zero-order valence-electron chi connectivity index (χ0n) is 15.8. The van der Waals surface area contributed by atoms with Crippen LogP contribution in [0, 0.1) is 31.1 Å². The Balaban J connectivity index is 1.61. The lowest BCUT2D eigenvalue weighted by molar-refractivity contribution is -0.133. The number of piperidine rings is 1. The fraction of sp³-hybridized carbons (Fsp3) is 0.429. The highest BCUT2D eigenvalue weighted by Gasteiger charge is 2.24. The summed E-state index contributed by atoms with van der Waals surface area (Å²) in [5.41, 5.74) is 2.08. The van der Waals surface area contributed by atoms with Gasteiger partial charge in [-0.05, 0) is 50.2 Å². The van der Waals surface area contributed by atoms with Crippen molar-refractivity contribution in [3.8, 4) is 6.07 Å². The van der Waals surface area contributed by atoms with E-state index >= 15 is 0 Å². The monoisotopic (exact) mass is 364 g/mol. The lowest BCUT2D eigenvalue weighted by atomic mass is 9.90. The summed E-state index contributed by atoms with van der Waals surface area (Å²) in [6.45, 7) is 4.72. The first kappa shape index (κ1) is 18.8. The van der Waals surface area contributed by atoms with E-state index in [9.17, 15) is 14.9 Å². The number of rotatable bonds is 4. The number of benzene rings is 1. The van der Waals surface area contributed by atoms with E-state index in [1.165, 1.54) is 5.56 Å². The SMILES string of the molecule is Cc1nn(CC(=O)N2CCC(Cc3ccccc3)CC2)c(=O)c(C#N)c1C. The van der Waals surface area contributed by atoms with Gasteiger partial charge in [-0.15, -0.1) is 0 Å². The highest BCUT2D eigenvalue weighted by Crippen LogP contribution is 2.21. The Hall–Kier alpha value is -2.94. The van der Waals surface area contributed by atoms with Gasteiger partial charge in [0.05, 0.1) is 5.69 Å². The van der Waals surface area contributed by atoms with Crippen LogP contribution < -0.4 is 5.56 Å². The quantitative estimate of drug-likeness (QED) is 0.833. The van der Waals surface area contributed by atoms with E-state index in [-0.39, 0.29) is 18.0 Å². The van der Waals surface area contributed by atoms with Gasteiger partial charge in [-0.2, -0.15) is 10.4 Å². The van der Waals surface area contributed by atoms with E-state index in [1.807, 2.05) is 12.1 Å². The number of aromatic nitrogens is 2. The van der Waals surface area contributed by atoms with Crippen molar-refractivity contribution in [2.45, 2.75) is 39.7 Å². The molecular weight excluding hydrogens is 340 g/mol. The number of carbonyl (C=O) groups is 1. The third kappa shape index (κ3) is 4.25. The van der Waals surface area contributed by atoms with Crippen LogP contribution in [-0.4, -0.2) is 33.7 Å². The topological polar surface area (TPSA) is 79.0 Å². The number of amides is 1. The van der Waals surface area contributed by atoms with Crippen molar-refractivity contribution in [1.82, 2.24) is 14.7 Å². The van der Waals surface area contributed by atoms with E-state index in [2.05, 4.69) is 29.4 Å². The van der Waals surface area contributed by atoms with Crippen molar-refractivity contribution in [2.24, 2.45) is 5.92 Å². The van der Waals surface area contributed by atoms with Crippen LogP contribution in [0.5, 0.6) is 0 Å². The molecule has 0 atom stereocenters. The summed E-state index contributed by atoms with van der Waals surface area (Å²) in [5, 5.41) is 13.4. The predicted molar refractivity (Wildman–Crippen MR) is 102 cm³/mol. The Morgan fingerprint density at radius 2 is 1.89 bits per heavy atom. The molecule has 3 rings (SSSR count). The van der Waals surface area contributed by atoms with Crippen LogP contribution in [0.15, 0.2) is 35.1 Å². The zero-order chi connectivity index (χ0) is 19.4. The number of nitriles is 1. The molecule has 6 heteroatoms. The average molecular weight is 364 g/mol. The number of hydrogen-bond donors (Lipinski definition) is 0. The molecule has 0 N–H and O–H groups in total. The van der Waals surface area contributed by atoms with Gasteiger partial charge in [0, 0.05) is 13.1 Å². The van der Waals surface area contributed by atoms with Crippen LogP contribution in [0.25, 0.3) is 0 Å². The summed E-state index contributed by atoms with van der Waals surface area (Å²) in [7, 11) is 0. The maximum atomic E-state index is 12.6. The number of aryl methyl sites for hydroxylation is 1. The second kappa shape index (κ2) is 8.17. The third-order valence-electron chi connectivity index (χ3n) is 5.37. The first-order valence-corrected chi connectivity index (χ1v) is 9.29. The van der Waals surface area contributed by atoms with Gasteiger partial charge in [0.1, 0.15) is 18.2 Å². The molecule has 2 heterocycles. The van der Waals surface area contributed by atoms with Crippen molar-refractivity contribution >= 4 is 5.91 Å². The Kier molecular flexibility index (Phi) is 5.70. The summed E-state index contributed by atoms with van der Waals surface area (Å²) in [6.07, 6.45) is 2.95. The van der Waals surface area contributed by atoms with Crippen LogP contribution in [0.2, 0.25) is 0 Å². The first-order chi connectivity index (χ1) is 13.0. The number of hydrogen-bond acceptors (Lipinski definition) is 4. The fourth-order valence-corrected chi connectivity index (χ4v) is 3.57. The van der Waals surface area contributed by atoms with Gasteiger partial charge in [0.2, 0.25) is 5.91 Å². The minimum Gasteiger partial charge on any atom is -0.341 e. The highest BCUT2D eigenvalue weighted by molar-refractivity contribution is 5.76. The molecule has 0 saturated carbocycles. The van der Waals surface area contributed by atoms with Crippen LogP contribution in [0.4, 0.5) is 0 Å². The minimum absolute atomic E-state index is 0.0665. The molecule has 0 spiro atoms. The van der Waals surface area contributed by atoms with E-state index in [0.717, 1.165) is 23.9 Å². The van der Waals surface area contributed by atoms with Gasteiger partial charge in [0.25, 0.3) is 5.56 Å². The van der Waals surface area contributed by atoms with E-state index < -0.39 is 5.56 Å². The average Bonchev–Trinajstić information content (AvgIpc) is 2.68. The second-order valence-corrected chi connectivity index (χ2v) is 7.17. The summed E-state index contributed by atoms with van der Waals surface area (Å²) >= 11 is 0. The standard InChI is InChI=1S/C21H24N4O2/c1-15-16(2)23-25(21(27)19(15)13-22)14-20(26)24-10-8-18(9-11-24)12-17-6-4-3-5-7-17/h3-7,18H,8-12,14H2,1-2H3. The molecule has 0 radical (unpaired) electrons. The molecule has 27 heavy (non-hydrogen) atoms. The normalized spacial score (nSPS) is 14.8. The molecule has 2 aromatic rings. The molecule has 1 aromatic carbocycles. The highest BCUT2D eigenvalue weighted by atomic mass is 16.2. The van der Waals surface area contributed by atoms with E-state index in [0.29, 0.717) is 30.3 Å². The van der Waals surface area contributed by atoms with Crippen LogP contribution >= 0.6 is 0 Å². The molecule has 0 aliphatic carbocycles. The summed E-state index contributed by atoms with van der Waals surface area (Å²) < 4.78 is 1.12. The number of likely N-dealkylation sites (tertiary alicyclic amines) is 1. The van der Waals surface area contributed by atoms with Crippen LogP contribution in [0.3, 0.4) is 0 Å². The van der Waals surface area contributed by atoms with Crippen molar-refractivity contribution in [3.05, 3.63) is 63.1 Å². The smallest absolute Gasteiger partial charge is 0.285 e. The van der Waals surface area contributed by atoms with Gasteiger partial charge < -0.3 is 4.90 Å². The van der Waals surface area contributed by atoms with Crippen molar-refractivity contribution in [3.63, 3.8) is 0 Å². The summed E-state index contributed by atoms with van der Waals surface area (Å²) in [6, 6.07) is 12.3. The third-order valence-corrected chi connectivity index (χ3v) is 5.37. The molecule has 0 bridgehead atoms. The van der Waals surface area contributed by atoms with Crippen LogP contribution in [-0.2, 0) is 17.8 Å². The molecule has 1 amide bonds. The Bertz CT molecular complexity index is 920. The Labute approximate surface area is 159 Å². The maximum Gasteiger partial charge on any atom is 0.285 e. The molecule has 1 aliphatic heterocycles. The van der Waals surface area contributed by atoms with Gasteiger partial charge in [-0.3, -0.25) is 9.59 Å². The summed E-state index contributed by atoms with van der Waals surface area (Å²) in [5.74, 6) is 0.457. The number of carbonyl (C=O) groups excluding carboxylic acids is 1. The lowest BCUT2D eigenvalue weighted by Crippen LogP contribution is -2.42. The Morgan fingerprint density at radius 3 is 2.52 bits per heavy atom. The Morgan fingerprint density at radius 1 is 1.22 bits per heavy atom. The largest absolute Gasteiger partial charge is 0.341 e. The minimum atomic E-state index is -0.493. The number of nitrogens with zero attached hydrogens (tertiary/aromatic N) is 4. The second-order valence-electron chi connectivity index (χ2n) is 7.17. The van der Waals surface area contributed by atoms with Gasteiger partial charge in [0.15, 0.2) is 0 Å². The van der Waals surface area contributed by atoms with Gasteiger partial charge in [-0.1, -0.05) is 30.3 Å². The fourth-order valence-electron chi connectivity index (χ4n) is 3.57. The molecule has 1 aromatic heterocycles. The van der Waals surface area contributed by atoms with E-state index in [4.69, 9.17) is 0 Å². The van der Waals surface area contributed by atoms with Crippen molar-refractivity contribution in [1.29, 1.82) is 5.26 Å². The molecular formula is C21H24N4O2. The summed E-state index contributed by atoms with van der Waals surface area (Å²) in [4.78, 5) is 26.8. The van der Waals surface area contributed by atoms with Gasteiger partial charge >= 0.3 is 0 Å². The zero-order valence-corrected chi connectivity index (χ0v) is 15.8. The molecule has 1 fully saturated rings. The predicted octanol–water partition coefficient (Wildman–Crippen LogP) is 2.21. The van der Waals surface area contributed by atoms with Crippen LogP contribution in [0.1, 0.15) is 35.2 Å². The molecule has 140 valence electrons. The molecule has 1 saturated heterocycles. The molecule has 1 aliphatic rings. The van der Waals surface area contributed by atoms with Gasteiger partial charge in [-0.25, -0.2) is 4.68 Å². The molecule has 6 nitrogen and oxygen atoms in total.